The molecule has 0 unspecified atom stereocenters. The Hall–Kier alpha value is -2.23. The zero-order chi connectivity index (χ0) is 16.6. The molecule has 2 aliphatic carbocycles. The van der Waals surface area contributed by atoms with Crippen molar-refractivity contribution in [2.24, 2.45) is 5.92 Å². The van der Waals surface area contributed by atoms with Crippen molar-refractivity contribution < 1.29 is 0 Å². The van der Waals surface area contributed by atoms with Crippen LogP contribution in [0.15, 0.2) is 36.9 Å². The molecule has 0 saturated heterocycles. The van der Waals surface area contributed by atoms with Crippen LogP contribution in [-0.2, 0) is 6.54 Å². The predicted molar refractivity (Wildman–Crippen MR) is 99.3 cm³/mol. The standard InChI is InChI=1S/C21H24N4/c1-2-5-15(6-3-1)13-25-14-19(18-7-4-10-22-21(18)25)20-23-11-17(12-24-20)16-8-9-16/h4,7,10-12,14-16H,1-3,5-6,8-9,13H2. The molecule has 4 heteroatoms. The second-order valence-corrected chi connectivity index (χ2v) is 7.69. The first-order valence-electron chi connectivity index (χ1n) is 9.64. The molecule has 25 heavy (non-hydrogen) atoms. The molecule has 0 aromatic carbocycles. The van der Waals surface area contributed by atoms with E-state index in [4.69, 9.17) is 0 Å². The SMILES string of the molecule is c1cnc2c(c1)c(-c1ncc(C3CC3)cn1)cn2CC1CCCCC1. The summed E-state index contributed by atoms with van der Waals surface area (Å²) in [5.41, 5.74) is 3.46. The van der Waals surface area contributed by atoms with Crippen molar-refractivity contribution >= 4 is 11.0 Å². The molecule has 2 fully saturated rings. The lowest BCUT2D eigenvalue weighted by Crippen LogP contribution is -2.13. The van der Waals surface area contributed by atoms with Crippen molar-refractivity contribution in [3.8, 4) is 11.4 Å². The third-order valence-electron chi connectivity index (χ3n) is 5.77. The van der Waals surface area contributed by atoms with Crippen molar-refractivity contribution in [1.29, 1.82) is 0 Å². The lowest BCUT2D eigenvalue weighted by atomic mass is 9.89. The first-order valence-corrected chi connectivity index (χ1v) is 9.64. The first-order chi connectivity index (χ1) is 12.4. The van der Waals surface area contributed by atoms with Crippen LogP contribution in [0, 0.1) is 5.92 Å². The van der Waals surface area contributed by atoms with Crippen LogP contribution in [0.3, 0.4) is 0 Å². The van der Waals surface area contributed by atoms with E-state index in [9.17, 15) is 0 Å². The predicted octanol–water partition coefficient (Wildman–Crippen LogP) is 4.95. The second-order valence-electron chi connectivity index (χ2n) is 7.69. The fourth-order valence-corrected chi connectivity index (χ4v) is 4.19. The Bertz CT molecular complexity index is 871. The normalized spacial score (nSPS) is 18.7. The van der Waals surface area contributed by atoms with Crippen molar-refractivity contribution in [3.05, 3.63) is 42.5 Å². The van der Waals surface area contributed by atoms with Gasteiger partial charge in [-0.15, -0.1) is 0 Å². The zero-order valence-corrected chi connectivity index (χ0v) is 14.6. The number of hydrogen-bond donors (Lipinski definition) is 0. The Morgan fingerprint density at radius 1 is 0.960 bits per heavy atom. The third kappa shape index (κ3) is 2.94. The van der Waals surface area contributed by atoms with Gasteiger partial charge in [0.15, 0.2) is 5.82 Å². The molecule has 2 saturated carbocycles. The zero-order valence-electron chi connectivity index (χ0n) is 14.6. The number of aromatic nitrogens is 4. The van der Waals surface area contributed by atoms with E-state index in [2.05, 4.69) is 31.8 Å². The van der Waals surface area contributed by atoms with Crippen molar-refractivity contribution in [2.75, 3.05) is 0 Å². The Balaban J connectivity index is 1.51. The van der Waals surface area contributed by atoms with Crippen molar-refractivity contribution in [1.82, 2.24) is 19.5 Å². The van der Waals surface area contributed by atoms with Crippen LogP contribution in [0.4, 0.5) is 0 Å². The van der Waals surface area contributed by atoms with E-state index < -0.39 is 0 Å². The maximum Gasteiger partial charge on any atom is 0.161 e. The number of nitrogens with zero attached hydrogens (tertiary/aromatic N) is 4. The summed E-state index contributed by atoms with van der Waals surface area (Å²) in [6, 6.07) is 4.16. The second kappa shape index (κ2) is 6.25. The highest BCUT2D eigenvalue weighted by atomic mass is 15.0. The van der Waals surface area contributed by atoms with E-state index in [1.807, 2.05) is 24.7 Å². The Morgan fingerprint density at radius 3 is 2.52 bits per heavy atom. The summed E-state index contributed by atoms with van der Waals surface area (Å²) >= 11 is 0. The quantitative estimate of drug-likeness (QED) is 0.679. The molecule has 0 atom stereocenters. The molecule has 0 bridgehead atoms. The summed E-state index contributed by atoms with van der Waals surface area (Å²) in [5, 5.41) is 1.16. The van der Waals surface area contributed by atoms with Gasteiger partial charge in [0, 0.05) is 42.3 Å². The number of pyridine rings is 1. The molecule has 2 aliphatic rings. The van der Waals surface area contributed by atoms with Gasteiger partial charge < -0.3 is 4.57 Å². The topological polar surface area (TPSA) is 43.6 Å². The highest BCUT2D eigenvalue weighted by Crippen LogP contribution is 2.39. The summed E-state index contributed by atoms with van der Waals surface area (Å²) in [4.78, 5) is 14.0. The van der Waals surface area contributed by atoms with Crippen molar-refractivity contribution in [2.45, 2.75) is 57.4 Å². The molecule has 5 rings (SSSR count). The number of rotatable bonds is 4. The minimum absolute atomic E-state index is 0.698. The van der Waals surface area contributed by atoms with Crippen LogP contribution in [0.5, 0.6) is 0 Å². The van der Waals surface area contributed by atoms with Crippen LogP contribution in [0.2, 0.25) is 0 Å². The molecule has 3 heterocycles. The van der Waals surface area contributed by atoms with Gasteiger partial charge in [0.25, 0.3) is 0 Å². The Kier molecular flexibility index (Phi) is 3.76. The van der Waals surface area contributed by atoms with E-state index in [1.54, 1.807) is 0 Å². The number of fused-ring (bicyclic) bond motifs is 1. The lowest BCUT2D eigenvalue weighted by molar-refractivity contribution is 0.322. The molecule has 0 aliphatic heterocycles. The maximum absolute atomic E-state index is 4.67. The lowest BCUT2D eigenvalue weighted by Gasteiger charge is -2.22. The molecule has 128 valence electrons. The van der Waals surface area contributed by atoms with Crippen LogP contribution >= 0.6 is 0 Å². The molecule has 0 spiro atoms. The molecule has 0 radical (unpaired) electrons. The van der Waals surface area contributed by atoms with Gasteiger partial charge in [-0.2, -0.15) is 0 Å². The van der Waals surface area contributed by atoms with Crippen LogP contribution < -0.4 is 0 Å². The molecule has 0 amide bonds. The maximum atomic E-state index is 4.67. The third-order valence-corrected chi connectivity index (χ3v) is 5.77. The Morgan fingerprint density at radius 2 is 1.76 bits per heavy atom. The monoisotopic (exact) mass is 332 g/mol. The summed E-state index contributed by atoms with van der Waals surface area (Å²) in [7, 11) is 0. The van der Waals surface area contributed by atoms with Gasteiger partial charge in [-0.25, -0.2) is 15.0 Å². The molecule has 0 N–H and O–H groups in total. The Labute approximate surface area is 148 Å². The van der Waals surface area contributed by atoms with E-state index in [-0.39, 0.29) is 0 Å². The summed E-state index contributed by atoms with van der Waals surface area (Å²) in [6.07, 6.45) is 17.5. The fourth-order valence-electron chi connectivity index (χ4n) is 4.19. The molecular weight excluding hydrogens is 308 g/mol. The van der Waals surface area contributed by atoms with Crippen molar-refractivity contribution in [3.63, 3.8) is 0 Å². The van der Waals surface area contributed by atoms with Gasteiger partial charge in [-0.3, -0.25) is 0 Å². The van der Waals surface area contributed by atoms with Gasteiger partial charge in [-0.05, 0) is 55.2 Å². The highest BCUT2D eigenvalue weighted by molar-refractivity contribution is 5.92. The molecule has 3 aromatic heterocycles. The van der Waals surface area contributed by atoms with Gasteiger partial charge >= 0.3 is 0 Å². The summed E-state index contributed by atoms with van der Waals surface area (Å²) in [6.45, 7) is 1.06. The van der Waals surface area contributed by atoms with Crippen LogP contribution in [0.1, 0.15) is 56.4 Å². The van der Waals surface area contributed by atoms with Gasteiger partial charge in [-0.1, -0.05) is 19.3 Å². The highest BCUT2D eigenvalue weighted by Gasteiger charge is 2.24. The average Bonchev–Trinajstić information content (AvgIpc) is 3.46. The van der Waals surface area contributed by atoms with Crippen LogP contribution in [0.25, 0.3) is 22.4 Å². The largest absolute Gasteiger partial charge is 0.331 e. The van der Waals surface area contributed by atoms with Gasteiger partial charge in [0.05, 0.1) is 0 Å². The van der Waals surface area contributed by atoms with E-state index in [0.717, 1.165) is 34.9 Å². The van der Waals surface area contributed by atoms with Gasteiger partial charge in [0.2, 0.25) is 0 Å². The smallest absolute Gasteiger partial charge is 0.161 e. The minimum Gasteiger partial charge on any atom is -0.331 e. The molecular formula is C21H24N4. The number of hydrogen-bond acceptors (Lipinski definition) is 3. The van der Waals surface area contributed by atoms with E-state index in [0.29, 0.717) is 5.92 Å². The van der Waals surface area contributed by atoms with E-state index in [1.165, 1.54) is 50.5 Å². The fraction of sp³-hybridized carbons (Fsp3) is 0.476. The first kappa shape index (κ1) is 15.1. The molecule has 3 aromatic rings. The van der Waals surface area contributed by atoms with Crippen LogP contribution in [-0.4, -0.2) is 19.5 Å². The summed E-state index contributed by atoms with van der Waals surface area (Å²) in [5.74, 6) is 2.30. The van der Waals surface area contributed by atoms with Gasteiger partial charge in [0.1, 0.15) is 5.65 Å². The summed E-state index contributed by atoms with van der Waals surface area (Å²) < 4.78 is 2.33. The molecule has 4 nitrogen and oxygen atoms in total. The van der Waals surface area contributed by atoms with E-state index >= 15 is 0 Å². The minimum atomic E-state index is 0.698. The average molecular weight is 332 g/mol.